The largest absolute Gasteiger partial charge is 0.444 e. The Balaban J connectivity index is 2.34. The Kier molecular flexibility index (Phi) is 2.79. The van der Waals surface area contributed by atoms with Crippen LogP contribution in [0.4, 0.5) is 11.7 Å². The third-order valence-electron chi connectivity index (χ3n) is 2.54. The van der Waals surface area contributed by atoms with E-state index in [1.807, 2.05) is 26.8 Å². The third kappa shape index (κ3) is 2.11. The first-order chi connectivity index (χ1) is 8.11. The molecule has 0 aromatic carbocycles. The summed E-state index contributed by atoms with van der Waals surface area (Å²) in [6, 6.07) is 5.74. The maximum Gasteiger partial charge on any atom is 0.216 e. The summed E-state index contributed by atoms with van der Waals surface area (Å²) in [6.07, 6.45) is 0. The first-order valence-corrected chi connectivity index (χ1v) is 5.19. The molecular weight excluding hydrogens is 216 g/mol. The summed E-state index contributed by atoms with van der Waals surface area (Å²) in [6.45, 7) is 5.53. The van der Waals surface area contributed by atoms with E-state index >= 15 is 0 Å². The van der Waals surface area contributed by atoms with Gasteiger partial charge in [-0.05, 0) is 32.9 Å². The van der Waals surface area contributed by atoms with E-state index in [4.69, 9.17) is 9.68 Å². The van der Waals surface area contributed by atoms with Crippen LogP contribution < -0.4 is 5.32 Å². The Morgan fingerprint density at radius 3 is 2.59 bits per heavy atom. The lowest BCUT2D eigenvalue weighted by Gasteiger charge is -2.01. The summed E-state index contributed by atoms with van der Waals surface area (Å²) in [7, 11) is 0. The minimum absolute atomic E-state index is 0.417. The van der Waals surface area contributed by atoms with Crippen LogP contribution >= 0.6 is 0 Å². The second-order valence-corrected chi connectivity index (χ2v) is 3.78. The topological polar surface area (TPSA) is 74.7 Å². The van der Waals surface area contributed by atoms with Gasteiger partial charge in [0.05, 0.1) is 5.69 Å². The highest BCUT2D eigenvalue weighted by Gasteiger charge is 2.14. The molecule has 0 bridgehead atoms. The Morgan fingerprint density at radius 1 is 1.24 bits per heavy atom. The van der Waals surface area contributed by atoms with Crippen molar-refractivity contribution in [2.75, 3.05) is 5.32 Å². The van der Waals surface area contributed by atoms with E-state index in [0.29, 0.717) is 17.3 Å². The molecule has 2 aromatic rings. The molecule has 17 heavy (non-hydrogen) atoms. The minimum atomic E-state index is 0.417. The molecule has 0 aliphatic carbocycles. The van der Waals surface area contributed by atoms with Crippen LogP contribution in [0.1, 0.15) is 22.6 Å². The first-order valence-electron chi connectivity index (χ1n) is 5.19. The molecule has 2 aromatic heterocycles. The van der Waals surface area contributed by atoms with Gasteiger partial charge in [0.2, 0.25) is 5.88 Å². The highest BCUT2D eigenvalue weighted by Crippen LogP contribution is 2.27. The summed E-state index contributed by atoms with van der Waals surface area (Å²) in [5.41, 5.74) is 2.18. The van der Waals surface area contributed by atoms with Gasteiger partial charge in [0.25, 0.3) is 0 Å². The van der Waals surface area contributed by atoms with E-state index in [1.165, 1.54) is 0 Å². The van der Waals surface area contributed by atoms with E-state index in [2.05, 4.69) is 21.6 Å². The Morgan fingerprint density at radius 2 is 2.00 bits per heavy atom. The molecule has 0 saturated heterocycles. The number of anilines is 2. The number of rotatable bonds is 2. The van der Waals surface area contributed by atoms with E-state index in [0.717, 1.165) is 17.0 Å². The molecule has 2 heterocycles. The Bertz CT molecular complexity index is 578. The van der Waals surface area contributed by atoms with Crippen LogP contribution in [0.3, 0.4) is 0 Å². The van der Waals surface area contributed by atoms with Crippen molar-refractivity contribution < 1.29 is 4.42 Å². The molecular formula is C12H12N4O. The van der Waals surface area contributed by atoms with Crippen molar-refractivity contribution >= 4 is 11.7 Å². The lowest BCUT2D eigenvalue weighted by Crippen LogP contribution is -1.96. The zero-order valence-corrected chi connectivity index (χ0v) is 9.90. The van der Waals surface area contributed by atoms with Gasteiger partial charge >= 0.3 is 0 Å². The molecule has 5 heteroatoms. The average Bonchev–Trinajstić information content (AvgIpc) is 2.58. The van der Waals surface area contributed by atoms with Gasteiger partial charge < -0.3 is 9.73 Å². The van der Waals surface area contributed by atoms with Gasteiger partial charge in [-0.25, -0.2) is 0 Å². The molecule has 86 valence electrons. The minimum Gasteiger partial charge on any atom is -0.444 e. The number of aryl methyl sites for hydroxylation is 2. The monoisotopic (exact) mass is 228 g/mol. The number of nitrogens with one attached hydrogen (secondary N) is 1. The van der Waals surface area contributed by atoms with Crippen molar-refractivity contribution in [2.45, 2.75) is 20.8 Å². The molecule has 0 spiro atoms. The SMILES string of the molecule is Cc1ccc(Nc2oc(C)c(C)c2C#N)nn1. The fourth-order valence-electron chi connectivity index (χ4n) is 1.43. The summed E-state index contributed by atoms with van der Waals surface area (Å²) >= 11 is 0. The second kappa shape index (κ2) is 4.26. The van der Waals surface area contributed by atoms with Crippen LogP contribution in [0, 0.1) is 32.1 Å². The van der Waals surface area contributed by atoms with Crippen LogP contribution in [0.25, 0.3) is 0 Å². The van der Waals surface area contributed by atoms with Crippen molar-refractivity contribution in [3.05, 3.63) is 34.7 Å². The smallest absolute Gasteiger partial charge is 0.216 e. The Hall–Kier alpha value is -2.35. The Labute approximate surface area is 99.1 Å². The number of hydrogen-bond donors (Lipinski definition) is 1. The van der Waals surface area contributed by atoms with Crippen molar-refractivity contribution in [2.24, 2.45) is 0 Å². The lowest BCUT2D eigenvalue weighted by atomic mass is 10.2. The molecule has 2 rings (SSSR count). The van der Waals surface area contributed by atoms with Crippen molar-refractivity contribution in [1.82, 2.24) is 10.2 Å². The van der Waals surface area contributed by atoms with Gasteiger partial charge in [-0.15, -0.1) is 5.10 Å². The highest BCUT2D eigenvalue weighted by atomic mass is 16.4. The molecule has 0 aliphatic rings. The fourth-order valence-corrected chi connectivity index (χ4v) is 1.43. The highest BCUT2D eigenvalue weighted by molar-refractivity contribution is 5.61. The standard InChI is InChI=1S/C12H12N4O/c1-7-4-5-11(16-15-7)14-12-10(6-13)8(2)9(3)17-12/h4-5H,1-3H3,(H,14,16). The average molecular weight is 228 g/mol. The van der Waals surface area contributed by atoms with Gasteiger partial charge in [-0.2, -0.15) is 10.4 Å². The number of hydrogen-bond acceptors (Lipinski definition) is 5. The summed E-state index contributed by atoms with van der Waals surface area (Å²) < 4.78 is 5.47. The summed E-state index contributed by atoms with van der Waals surface area (Å²) in [4.78, 5) is 0. The maximum absolute atomic E-state index is 9.05. The van der Waals surface area contributed by atoms with Crippen molar-refractivity contribution in [3.8, 4) is 6.07 Å². The van der Waals surface area contributed by atoms with Crippen LogP contribution in [-0.4, -0.2) is 10.2 Å². The van der Waals surface area contributed by atoms with Gasteiger partial charge in [-0.3, -0.25) is 0 Å². The lowest BCUT2D eigenvalue weighted by molar-refractivity contribution is 0.547. The van der Waals surface area contributed by atoms with E-state index in [9.17, 15) is 0 Å². The molecule has 0 aliphatic heterocycles. The van der Waals surface area contributed by atoms with Crippen LogP contribution in [0.5, 0.6) is 0 Å². The maximum atomic E-state index is 9.05. The molecule has 0 saturated carbocycles. The molecule has 1 N–H and O–H groups in total. The predicted octanol–water partition coefficient (Wildman–Crippen LogP) is 2.61. The number of nitriles is 1. The number of aromatic nitrogens is 2. The van der Waals surface area contributed by atoms with E-state index in [1.54, 1.807) is 6.07 Å². The predicted molar refractivity (Wildman–Crippen MR) is 62.9 cm³/mol. The molecule has 0 amide bonds. The van der Waals surface area contributed by atoms with Gasteiger partial charge in [0.1, 0.15) is 17.4 Å². The zero-order valence-electron chi connectivity index (χ0n) is 9.90. The molecule has 0 atom stereocenters. The fraction of sp³-hybridized carbons (Fsp3) is 0.250. The normalized spacial score (nSPS) is 10.0. The van der Waals surface area contributed by atoms with Crippen LogP contribution in [-0.2, 0) is 0 Å². The first kappa shape index (κ1) is 11.1. The number of nitrogens with zero attached hydrogens (tertiary/aromatic N) is 3. The summed E-state index contributed by atoms with van der Waals surface area (Å²) in [5.74, 6) is 1.70. The molecule has 5 nitrogen and oxygen atoms in total. The van der Waals surface area contributed by atoms with Gasteiger partial charge in [0, 0.05) is 5.56 Å². The summed E-state index contributed by atoms with van der Waals surface area (Å²) in [5, 5.41) is 19.9. The van der Waals surface area contributed by atoms with Gasteiger partial charge in [0.15, 0.2) is 5.82 Å². The molecule has 0 fully saturated rings. The quantitative estimate of drug-likeness (QED) is 0.855. The van der Waals surface area contributed by atoms with E-state index < -0.39 is 0 Å². The van der Waals surface area contributed by atoms with Gasteiger partial charge in [-0.1, -0.05) is 0 Å². The zero-order chi connectivity index (χ0) is 12.4. The third-order valence-corrected chi connectivity index (χ3v) is 2.54. The van der Waals surface area contributed by atoms with Crippen molar-refractivity contribution in [3.63, 3.8) is 0 Å². The van der Waals surface area contributed by atoms with E-state index in [-0.39, 0.29) is 0 Å². The molecule has 0 unspecified atom stereocenters. The molecule has 0 radical (unpaired) electrons. The number of furan rings is 1. The van der Waals surface area contributed by atoms with Crippen LogP contribution in [0.2, 0.25) is 0 Å². The van der Waals surface area contributed by atoms with Crippen LogP contribution in [0.15, 0.2) is 16.5 Å². The second-order valence-electron chi connectivity index (χ2n) is 3.78. The van der Waals surface area contributed by atoms with Crippen molar-refractivity contribution in [1.29, 1.82) is 5.26 Å².